The number of morpholine rings is 1. The summed E-state index contributed by atoms with van der Waals surface area (Å²) in [4.78, 5) is 2.40. The molecule has 0 unspecified atom stereocenters. The number of hydrogen-bond donors (Lipinski definition) is 1. The lowest BCUT2D eigenvalue weighted by atomic mass is 10.1. The van der Waals surface area contributed by atoms with E-state index in [9.17, 15) is 8.42 Å². The second-order valence-corrected chi connectivity index (χ2v) is 7.40. The molecular weight excluding hydrogens is 316 g/mol. The van der Waals surface area contributed by atoms with Crippen LogP contribution in [0.25, 0.3) is 0 Å². The maximum atomic E-state index is 12.6. The molecule has 0 atom stereocenters. The van der Waals surface area contributed by atoms with Crippen LogP contribution in [-0.4, -0.2) is 59.3 Å². The molecular formula is C16H26N2O4S. The summed E-state index contributed by atoms with van der Waals surface area (Å²) in [7, 11) is -3.59. The third kappa shape index (κ3) is 4.91. The molecule has 1 aromatic carbocycles. The van der Waals surface area contributed by atoms with Gasteiger partial charge in [0.15, 0.2) is 0 Å². The van der Waals surface area contributed by atoms with E-state index < -0.39 is 10.0 Å². The van der Waals surface area contributed by atoms with Gasteiger partial charge in [-0.25, -0.2) is 13.1 Å². The standard InChI is InChI=1S/C16H26N2O4S/c1-4-22-15-11-13(2)14(3)12-16(15)23(19,20)17-5-6-18-7-9-21-10-8-18/h11-12,17H,4-10H2,1-3H3. The molecule has 130 valence electrons. The number of nitrogens with zero attached hydrogens (tertiary/aromatic N) is 1. The largest absolute Gasteiger partial charge is 0.492 e. The smallest absolute Gasteiger partial charge is 0.244 e. The molecule has 0 amide bonds. The first-order valence-electron chi connectivity index (χ1n) is 7.98. The Morgan fingerprint density at radius 3 is 2.52 bits per heavy atom. The minimum absolute atomic E-state index is 0.212. The zero-order chi connectivity index (χ0) is 16.9. The normalized spacial score (nSPS) is 16.5. The van der Waals surface area contributed by atoms with Crippen LogP contribution in [0.4, 0.5) is 0 Å². The van der Waals surface area contributed by atoms with E-state index >= 15 is 0 Å². The van der Waals surface area contributed by atoms with Crippen LogP contribution in [0.15, 0.2) is 17.0 Å². The lowest BCUT2D eigenvalue weighted by Crippen LogP contribution is -2.41. The molecule has 1 aromatic rings. The Balaban J connectivity index is 2.07. The third-order valence-electron chi connectivity index (χ3n) is 3.97. The summed E-state index contributed by atoms with van der Waals surface area (Å²) in [6, 6.07) is 3.47. The summed E-state index contributed by atoms with van der Waals surface area (Å²) in [5.41, 5.74) is 1.95. The van der Waals surface area contributed by atoms with Crippen molar-refractivity contribution in [3.8, 4) is 5.75 Å². The van der Waals surface area contributed by atoms with E-state index in [1.54, 1.807) is 12.1 Å². The van der Waals surface area contributed by atoms with Crippen LogP contribution < -0.4 is 9.46 Å². The minimum Gasteiger partial charge on any atom is -0.492 e. The van der Waals surface area contributed by atoms with Crippen LogP contribution in [0.5, 0.6) is 5.75 Å². The molecule has 1 heterocycles. The van der Waals surface area contributed by atoms with Crippen molar-refractivity contribution in [1.82, 2.24) is 9.62 Å². The van der Waals surface area contributed by atoms with Crippen LogP contribution >= 0.6 is 0 Å². The molecule has 6 nitrogen and oxygen atoms in total. The Bertz CT molecular complexity index is 625. The predicted octanol–water partition coefficient (Wildman–Crippen LogP) is 1.31. The van der Waals surface area contributed by atoms with E-state index in [1.807, 2.05) is 20.8 Å². The van der Waals surface area contributed by atoms with Crippen LogP contribution in [0.3, 0.4) is 0 Å². The second kappa shape index (κ2) is 8.10. The number of aryl methyl sites for hydroxylation is 2. The molecule has 7 heteroatoms. The van der Waals surface area contributed by atoms with Crippen molar-refractivity contribution in [1.29, 1.82) is 0 Å². The number of sulfonamides is 1. The van der Waals surface area contributed by atoms with E-state index in [0.29, 0.717) is 38.7 Å². The van der Waals surface area contributed by atoms with E-state index in [0.717, 1.165) is 24.2 Å². The number of ether oxygens (including phenoxy) is 2. The molecule has 0 saturated carbocycles. The van der Waals surface area contributed by atoms with Crippen molar-refractivity contribution < 1.29 is 17.9 Å². The van der Waals surface area contributed by atoms with Crippen LogP contribution in [0, 0.1) is 13.8 Å². The SMILES string of the molecule is CCOc1cc(C)c(C)cc1S(=O)(=O)NCCN1CCOCC1. The summed E-state index contributed by atoms with van der Waals surface area (Å²) in [6.07, 6.45) is 0. The minimum atomic E-state index is -3.59. The quantitative estimate of drug-likeness (QED) is 0.809. The van der Waals surface area contributed by atoms with E-state index in [2.05, 4.69) is 9.62 Å². The molecule has 0 spiro atoms. The summed E-state index contributed by atoms with van der Waals surface area (Å²) < 4.78 is 38.7. The van der Waals surface area contributed by atoms with Crippen LogP contribution in [-0.2, 0) is 14.8 Å². The van der Waals surface area contributed by atoms with Crippen LogP contribution in [0.1, 0.15) is 18.1 Å². The highest BCUT2D eigenvalue weighted by atomic mass is 32.2. The third-order valence-corrected chi connectivity index (χ3v) is 5.46. The molecule has 1 saturated heterocycles. The first-order chi connectivity index (χ1) is 10.9. The lowest BCUT2D eigenvalue weighted by molar-refractivity contribution is 0.0390. The molecule has 0 radical (unpaired) electrons. The van der Waals surface area contributed by atoms with Crippen molar-refractivity contribution >= 4 is 10.0 Å². The Hall–Kier alpha value is -1.15. The maximum Gasteiger partial charge on any atom is 0.244 e. The highest BCUT2D eigenvalue weighted by Gasteiger charge is 2.21. The summed E-state index contributed by atoms with van der Waals surface area (Å²) in [6.45, 7) is 10.3. The monoisotopic (exact) mass is 342 g/mol. The van der Waals surface area contributed by atoms with E-state index in [-0.39, 0.29) is 4.90 Å². The Labute approximate surface area is 138 Å². The van der Waals surface area contributed by atoms with Gasteiger partial charge in [0.05, 0.1) is 19.8 Å². The molecule has 0 aromatic heterocycles. The summed E-state index contributed by atoms with van der Waals surface area (Å²) in [5, 5.41) is 0. The van der Waals surface area contributed by atoms with Gasteiger partial charge < -0.3 is 9.47 Å². The fourth-order valence-electron chi connectivity index (χ4n) is 2.48. The molecule has 1 aliphatic rings. The molecule has 0 bridgehead atoms. The van der Waals surface area contributed by atoms with Crippen molar-refractivity contribution in [2.45, 2.75) is 25.7 Å². The van der Waals surface area contributed by atoms with Gasteiger partial charge in [-0.1, -0.05) is 0 Å². The van der Waals surface area contributed by atoms with Gasteiger partial charge in [-0.15, -0.1) is 0 Å². The van der Waals surface area contributed by atoms with Crippen molar-refractivity contribution in [3.63, 3.8) is 0 Å². The Kier molecular flexibility index (Phi) is 6.41. The van der Waals surface area contributed by atoms with Gasteiger partial charge >= 0.3 is 0 Å². The number of hydrogen-bond acceptors (Lipinski definition) is 5. The fourth-order valence-corrected chi connectivity index (χ4v) is 3.71. The van der Waals surface area contributed by atoms with Gasteiger partial charge in [0.25, 0.3) is 0 Å². The molecule has 0 aliphatic carbocycles. The van der Waals surface area contributed by atoms with Crippen LogP contribution in [0.2, 0.25) is 0 Å². The van der Waals surface area contributed by atoms with Gasteiger partial charge in [0, 0.05) is 26.2 Å². The summed E-state index contributed by atoms with van der Waals surface area (Å²) in [5.74, 6) is 0.412. The maximum absolute atomic E-state index is 12.6. The van der Waals surface area contributed by atoms with Crippen molar-refractivity contribution in [3.05, 3.63) is 23.3 Å². The molecule has 2 rings (SSSR count). The first-order valence-corrected chi connectivity index (χ1v) is 9.46. The van der Waals surface area contributed by atoms with Gasteiger partial charge in [-0.05, 0) is 44.0 Å². The first kappa shape index (κ1) is 18.2. The second-order valence-electron chi connectivity index (χ2n) is 5.67. The topological polar surface area (TPSA) is 67.9 Å². The van der Waals surface area contributed by atoms with Gasteiger partial charge in [-0.2, -0.15) is 0 Å². The number of nitrogens with one attached hydrogen (secondary N) is 1. The average molecular weight is 342 g/mol. The zero-order valence-electron chi connectivity index (χ0n) is 14.1. The lowest BCUT2D eigenvalue weighted by Gasteiger charge is -2.26. The number of rotatable bonds is 7. The Morgan fingerprint density at radius 1 is 1.22 bits per heavy atom. The Morgan fingerprint density at radius 2 is 1.87 bits per heavy atom. The van der Waals surface area contributed by atoms with Gasteiger partial charge in [0.2, 0.25) is 10.0 Å². The van der Waals surface area contributed by atoms with Crippen molar-refractivity contribution in [2.75, 3.05) is 46.0 Å². The van der Waals surface area contributed by atoms with Gasteiger partial charge in [-0.3, -0.25) is 4.90 Å². The molecule has 1 N–H and O–H groups in total. The van der Waals surface area contributed by atoms with E-state index in [4.69, 9.17) is 9.47 Å². The summed E-state index contributed by atoms with van der Waals surface area (Å²) >= 11 is 0. The number of benzene rings is 1. The van der Waals surface area contributed by atoms with Crippen molar-refractivity contribution in [2.24, 2.45) is 0 Å². The fraction of sp³-hybridized carbons (Fsp3) is 0.625. The highest BCUT2D eigenvalue weighted by molar-refractivity contribution is 7.89. The van der Waals surface area contributed by atoms with Gasteiger partial charge in [0.1, 0.15) is 10.6 Å². The average Bonchev–Trinajstić information content (AvgIpc) is 2.51. The molecule has 23 heavy (non-hydrogen) atoms. The zero-order valence-corrected chi connectivity index (χ0v) is 14.9. The molecule has 1 aliphatic heterocycles. The predicted molar refractivity (Wildman–Crippen MR) is 89.5 cm³/mol. The molecule has 1 fully saturated rings. The van der Waals surface area contributed by atoms with E-state index in [1.165, 1.54) is 0 Å². The highest BCUT2D eigenvalue weighted by Crippen LogP contribution is 2.27.